The summed E-state index contributed by atoms with van der Waals surface area (Å²) in [7, 11) is 0. The Hall–Kier alpha value is -2.52. The molecule has 2 aromatic rings. The highest BCUT2D eigenvalue weighted by Crippen LogP contribution is 2.30. The van der Waals surface area contributed by atoms with Crippen molar-refractivity contribution in [3.8, 4) is 11.1 Å². The Morgan fingerprint density at radius 2 is 2.13 bits per heavy atom. The number of cyclic esters (lactones) is 1. The van der Waals surface area contributed by atoms with Crippen LogP contribution in [0.1, 0.15) is 12.5 Å². The zero-order chi connectivity index (χ0) is 21.8. The standard InChI is InChI=1S/C22H22FN3O3S2/c1-14(27)25-11-18-12-26(22(28)29-18)17-6-7-19(20(23)10-17)16-4-2-15(3-5-16)13-31-21-24-8-9-30-21/h2-7,10,18H,8-9,11-13H2,1H3,(H,25,27)/t18-/m0/s1. The molecule has 0 saturated carbocycles. The molecule has 1 atom stereocenters. The summed E-state index contributed by atoms with van der Waals surface area (Å²) in [4.78, 5) is 29.0. The van der Waals surface area contributed by atoms with Crippen molar-refractivity contribution < 1.29 is 18.7 Å². The first-order chi connectivity index (χ1) is 15.0. The first-order valence-corrected chi connectivity index (χ1v) is 11.9. The lowest BCUT2D eigenvalue weighted by Gasteiger charge is -2.14. The van der Waals surface area contributed by atoms with E-state index in [9.17, 15) is 14.0 Å². The fraction of sp³-hybridized carbons (Fsp3) is 0.318. The lowest BCUT2D eigenvalue weighted by atomic mass is 10.0. The van der Waals surface area contributed by atoms with E-state index < -0.39 is 18.0 Å². The number of hydrogen-bond donors (Lipinski definition) is 1. The molecule has 0 spiro atoms. The summed E-state index contributed by atoms with van der Waals surface area (Å²) in [6, 6.07) is 12.5. The Balaban J connectivity index is 1.41. The van der Waals surface area contributed by atoms with Crippen LogP contribution in [0.15, 0.2) is 47.5 Å². The molecule has 6 nitrogen and oxygen atoms in total. The molecule has 2 aromatic carbocycles. The fourth-order valence-electron chi connectivity index (χ4n) is 3.33. The van der Waals surface area contributed by atoms with Crippen LogP contribution < -0.4 is 10.2 Å². The van der Waals surface area contributed by atoms with Crippen LogP contribution in [0.2, 0.25) is 0 Å². The van der Waals surface area contributed by atoms with E-state index in [0.29, 0.717) is 11.3 Å². The van der Waals surface area contributed by atoms with Crippen molar-refractivity contribution in [2.45, 2.75) is 18.8 Å². The van der Waals surface area contributed by atoms with Gasteiger partial charge in [-0.15, -0.1) is 0 Å². The van der Waals surface area contributed by atoms with Crippen molar-refractivity contribution in [2.24, 2.45) is 4.99 Å². The molecule has 1 fully saturated rings. The van der Waals surface area contributed by atoms with Crippen molar-refractivity contribution >= 4 is 45.6 Å². The van der Waals surface area contributed by atoms with Crippen LogP contribution in [0.5, 0.6) is 0 Å². The third-order valence-electron chi connectivity index (χ3n) is 4.90. The summed E-state index contributed by atoms with van der Waals surface area (Å²) < 4.78 is 21.2. The molecule has 1 N–H and O–H groups in total. The lowest BCUT2D eigenvalue weighted by Crippen LogP contribution is -2.33. The number of carbonyl (C=O) groups is 2. The van der Waals surface area contributed by atoms with Crippen LogP contribution in [0.3, 0.4) is 0 Å². The first kappa shape index (κ1) is 21.7. The number of hydrogen-bond acceptors (Lipinski definition) is 6. The van der Waals surface area contributed by atoms with Crippen LogP contribution >= 0.6 is 23.5 Å². The highest BCUT2D eigenvalue weighted by molar-refractivity contribution is 8.38. The highest BCUT2D eigenvalue weighted by Gasteiger charge is 2.32. The van der Waals surface area contributed by atoms with Gasteiger partial charge in [0.2, 0.25) is 5.91 Å². The van der Waals surface area contributed by atoms with Gasteiger partial charge in [-0.1, -0.05) is 47.8 Å². The molecular formula is C22H22FN3O3S2. The molecule has 0 radical (unpaired) electrons. The molecule has 2 heterocycles. The summed E-state index contributed by atoms with van der Waals surface area (Å²) in [6.45, 7) is 2.78. The average molecular weight is 460 g/mol. The normalized spacial score (nSPS) is 18.1. The fourth-order valence-corrected chi connectivity index (χ4v) is 5.30. The molecular weight excluding hydrogens is 437 g/mol. The highest BCUT2D eigenvalue weighted by atomic mass is 32.2. The Bertz CT molecular complexity index is 1010. The molecule has 0 unspecified atom stereocenters. The number of rotatable bonds is 6. The number of thioether (sulfide) groups is 2. The zero-order valence-corrected chi connectivity index (χ0v) is 18.6. The molecule has 4 rings (SSSR count). The van der Waals surface area contributed by atoms with Gasteiger partial charge < -0.3 is 10.1 Å². The minimum atomic E-state index is -0.547. The zero-order valence-electron chi connectivity index (χ0n) is 17.0. The molecule has 9 heteroatoms. The number of benzene rings is 2. The third-order valence-corrected chi connectivity index (χ3v) is 7.23. The van der Waals surface area contributed by atoms with Gasteiger partial charge in [0.25, 0.3) is 0 Å². The van der Waals surface area contributed by atoms with Gasteiger partial charge >= 0.3 is 6.09 Å². The van der Waals surface area contributed by atoms with Crippen molar-refractivity contribution in [3.05, 3.63) is 53.8 Å². The minimum absolute atomic E-state index is 0.194. The van der Waals surface area contributed by atoms with Crippen molar-refractivity contribution in [2.75, 3.05) is 30.3 Å². The van der Waals surface area contributed by atoms with Gasteiger partial charge in [0, 0.05) is 24.0 Å². The maximum Gasteiger partial charge on any atom is 0.414 e. The van der Waals surface area contributed by atoms with Crippen LogP contribution in [-0.4, -0.2) is 47.9 Å². The Labute approximate surface area is 188 Å². The third kappa shape index (κ3) is 5.40. The van der Waals surface area contributed by atoms with Gasteiger partial charge in [-0.25, -0.2) is 9.18 Å². The molecule has 2 amide bonds. The number of amides is 2. The van der Waals surface area contributed by atoms with Crippen LogP contribution in [0.25, 0.3) is 11.1 Å². The van der Waals surface area contributed by atoms with E-state index in [-0.39, 0.29) is 19.0 Å². The monoisotopic (exact) mass is 459 g/mol. The number of nitrogens with one attached hydrogen (secondary N) is 1. The maximum atomic E-state index is 14.9. The smallest absolute Gasteiger partial charge is 0.414 e. The van der Waals surface area contributed by atoms with E-state index >= 15 is 0 Å². The molecule has 1 saturated heterocycles. The Morgan fingerprint density at radius 1 is 1.32 bits per heavy atom. The molecule has 2 aliphatic rings. The molecule has 0 bridgehead atoms. The second kappa shape index (κ2) is 9.74. The topological polar surface area (TPSA) is 71.0 Å². The van der Waals surface area contributed by atoms with Gasteiger partial charge in [0.05, 0.1) is 25.3 Å². The predicted octanol–water partition coefficient (Wildman–Crippen LogP) is 4.29. The van der Waals surface area contributed by atoms with Crippen LogP contribution in [0, 0.1) is 5.82 Å². The SMILES string of the molecule is CC(=O)NC[C@H]1CN(c2ccc(-c3ccc(CSC4=NCCS4)cc3)c(F)c2)C(=O)O1. The van der Waals surface area contributed by atoms with E-state index in [1.807, 2.05) is 24.3 Å². The molecule has 0 aromatic heterocycles. The number of halogens is 1. The summed E-state index contributed by atoms with van der Waals surface area (Å²) in [5.74, 6) is 1.29. The number of anilines is 1. The molecule has 0 aliphatic carbocycles. The number of carbonyl (C=O) groups excluding carboxylic acids is 2. The van der Waals surface area contributed by atoms with Crippen molar-refractivity contribution in [1.29, 1.82) is 0 Å². The first-order valence-electron chi connectivity index (χ1n) is 9.91. The van der Waals surface area contributed by atoms with E-state index in [4.69, 9.17) is 4.74 Å². The van der Waals surface area contributed by atoms with E-state index in [0.717, 1.165) is 33.6 Å². The summed E-state index contributed by atoms with van der Waals surface area (Å²) >= 11 is 3.52. The summed E-state index contributed by atoms with van der Waals surface area (Å²) in [6.07, 6.45) is -1.01. The van der Waals surface area contributed by atoms with Crippen molar-refractivity contribution in [1.82, 2.24) is 5.32 Å². The van der Waals surface area contributed by atoms with Crippen LogP contribution in [-0.2, 0) is 15.3 Å². The van der Waals surface area contributed by atoms with Gasteiger partial charge in [-0.2, -0.15) is 0 Å². The van der Waals surface area contributed by atoms with E-state index in [1.165, 1.54) is 17.9 Å². The maximum absolute atomic E-state index is 14.9. The second-order valence-electron chi connectivity index (χ2n) is 7.20. The minimum Gasteiger partial charge on any atom is -0.442 e. The van der Waals surface area contributed by atoms with Gasteiger partial charge in [0.1, 0.15) is 16.3 Å². The average Bonchev–Trinajstić information content (AvgIpc) is 3.41. The van der Waals surface area contributed by atoms with E-state index in [1.54, 1.807) is 35.7 Å². The number of ether oxygens (including phenoxy) is 1. The predicted molar refractivity (Wildman–Crippen MR) is 124 cm³/mol. The summed E-state index contributed by atoms with van der Waals surface area (Å²) in [5, 5.41) is 2.63. The quantitative estimate of drug-likeness (QED) is 0.698. The summed E-state index contributed by atoms with van der Waals surface area (Å²) in [5.41, 5.74) is 2.84. The lowest BCUT2D eigenvalue weighted by molar-refractivity contribution is -0.119. The largest absolute Gasteiger partial charge is 0.442 e. The van der Waals surface area contributed by atoms with Gasteiger partial charge in [-0.05, 0) is 29.3 Å². The number of nitrogens with zero attached hydrogens (tertiary/aromatic N) is 2. The number of aliphatic imine (C=N–C) groups is 1. The molecule has 2 aliphatic heterocycles. The van der Waals surface area contributed by atoms with E-state index in [2.05, 4.69) is 10.3 Å². The van der Waals surface area contributed by atoms with Gasteiger partial charge in [-0.3, -0.25) is 14.7 Å². The molecule has 31 heavy (non-hydrogen) atoms. The Kier molecular flexibility index (Phi) is 6.82. The van der Waals surface area contributed by atoms with Crippen LogP contribution in [0.4, 0.5) is 14.9 Å². The van der Waals surface area contributed by atoms with Gasteiger partial charge in [0.15, 0.2) is 0 Å². The molecule has 162 valence electrons. The Morgan fingerprint density at radius 3 is 2.81 bits per heavy atom. The van der Waals surface area contributed by atoms with Crippen molar-refractivity contribution in [3.63, 3.8) is 0 Å². The second-order valence-corrected chi connectivity index (χ2v) is 9.51.